The van der Waals surface area contributed by atoms with Crippen LogP contribution < -0.4 is 0 Å². The van der Waals surface area contributed by atoms with Gasteiger partial charge in [-0.05, 0) is 12.1 Å². The van der Waals surface area contributed by atoms with E-state index in [0.29, 0.717) is 0 Å². The summed E-state index contributed by atoms with van der Waals surface area (Å²) >= 11 is 0. The van der Waals surface area contributed by atoms with Gasteiger partial charge in [0, 0.05) is 84.7 Å². The number of nitrogens with zero attached hydrogens (tertiary/aromatic N) is 3. The zero-order chi connectivity index (χ0) is 27.8. The van der Waals surface area contributed by atoms with Crippen molar-refractivity contribution >= 4 is 8.41 Å². The largest absolute Gasteiger partial charge is 0.352 e. The molecule has 0 unspecified atom stereocenters. The fourth-order valence-corrected chi connectivity index (χ4v) is 4.07. The van der Waals surface area contributed by atoms with Crippen molar-refractivity contribution in [2.45, 2.75) is 26.2 Å². The van der Waals surface area contributed by atoms with Crippen LogP contribution in [-0.2, 0) is 58.2 Å². The summed E-state index contributed by atoms with van der Waals surface area (Å²) < 4.78 is 0. The standard InChI is InChI=1S/C23H14N.C14H15N2.B.Ir.Y/c1-2-7-18(8-3-1)19-12-14-20(15-13-19)21-9-6-10-22(17-21)23-11-4-5-16-24-23;1-14(2,3)12-9-10-15-13(16-12)11-7-5-4-6-8-11;;;/h1-9,11-14,16H;4-7,9-10H,1-3H3;;;/q-3;-1;;;. The van der Waals surface area contributed by atoms with Crippen molar-refractivity contribution in [3.63, 3.8) is 0 Å². The summed E-state index contributed by atoms with van der Waals surface area (Å²) in [7, 11) is 0. The van der Waals surface area contributed by atoms with Crippen LogP contribution in [0.15, 0.2) is 122 Å². The molecular weight excluding hydrogens is 778 g/mol. The van der Waals surface area contributed by atoms with E-state index in [4.69, 9.17) is 0 Å². The molecule has 6 aromatic rings. The van der Waals surface area contributed by atoms with Gasteiger partial charge >= 0.3 is 0 Å². The third-order valence-electron chi connectivity index (χ3n) is 6.24. The molecule has 0 fully saturated rings. The van der Waals surface area contributed by atoms with Crippen LogP contribution in [0.3, 0.4) is 0 Å². The van der Waals surface area contributed by atoms with E-state index >= 15 is 0 Å². The second kappa shape index (κ2) is 17.3. The van der Waals surface area contributed by atoms with Crippen LogP contribution in [-0.4, -0.2) is 23.4 Å². The maximum Gasteiger partial charge on any atom is 0.0751 e. The maximum absolute atomic E-state index is 4.57. The molecule has 0 spiro atoms. The summed E-state index contributed by atoms with van der Waals surface area (Å²) in [6.07, 6.45) is 3.59. The van der Waals surface area contributed by atoms with E-state index in [2.05, 4.69) is 84.3 Å². The molecule has 2 aromatic heterocycles. The molecule has 0 atom stereocenters. The zero-order valence-electron chi connectivity index (χ0n) is 24.4. The van der Waals surface area contributed by atoms with Crippen LogP contribution in [0.5, 0.6) is 0 Å². The van der Waals surface area contributed by atoms with Crippen LogP contribution in [0.2, 0.25) is 0 Å². The van der Waals surface area contributed by atoms with Gasteiger partial charge in [-0.2, -0.15) is 5.56 Å². The van der Waals surface area contributed by atoms with E-state index in [1.54, 1.807) is 6.20 Å². The number of aromatic nitrogens is 3. The van der Waals surface area contributed by atoms with Crippen molar-refractivity contribution in [2.75, 3.05) is 0 Å². The van der Waals surface area contributed by atoms with E-state index in [1.807, 2.05) is 91.1 Å². The fraction of sp³-hybridized carbons (Fsp3) is 0.108. The predicted molar refractivity (Wildman–Crippen MR) is 168 cm³/mol. The first-order chi connectivity index (χ1) is 19.5. The van der Waals surface area contributed by atoms with Gasteiger partial charge in [0.2, 0.25) is 0 Å². The Morgan fingerprint density at radius 3 is 2.02 bits per heavy atom. The molecule has 2 heterocycles. The van der Waals surface area contributed by atoms with E-state index in [1.165, 1.54) is 5.56 Å². The zero-order valence-corrected chi connectivity index (χ0v) is 29.6. The normalized spacial score (nSPS) is 10.1. The molecule has 0 saturated carbocycles. The number of pyridine rings is 1. The summed E-state index contributed by atoms with van der Waals surface area (Å²) in [4.78, 5) is 13.2. The van der Waals surface area contributed by atoms with Crippen LogP contribution in [0, 0.1) is 24.3 Å². The van der Waals surface area contributed by atoms with E-state index in [-0.39, 0.29) is 66.6 Å². The van der Waals surface area contributed by atoms with Gasteiger partial charge in [-0.15, -0.1) is 66.2 Å². The molecule has 0 saturated heterocycles. The van der Waals surface area contributed by atoms with Crippen molar-refractivity contribution in [1.82, 2.24) is 15.0 Å². The molecule has 3 nitrogen and oxygen atoms in total. The monoisotopic (exact) mass is 808 g/mol. The van der Waals surface area contributed by atoms with Gasteiger partial charge < -0.3 is 11.1 Å². The topological polar surface area (TPSA) is 38.7 Å². The molecule has 0 aliphatic carbocycles. The first-order valence-corrected chi connectivity index (χ1v) is 13.2. The predicted octanol–water partition coefficient (Wildman–Crippen LogP) is 8.34. The Hall–Kier alpha value is -3.07. The Balaban J connectivity index is 0.000000301. The average Bonchev–Trinajstić information content (AvgIpc) is 3.02. The third kappa shape index (κ3) is 9.98. The SMILES string of the molecule is CC(C)(C)c1ccnc(-c2[c-]cccc2)n1.[B].[Ir].[Y].[c-]1ccc(-c2[c-]cc(-c3ccccc3)cc2)[c-]c1-c1ccccn1. The van der Waals surface area contributed by atoms with Crippen LogP contribution >= 0.6 is 0 Å². The fourth-order valence-electron chi connectivity index (χ4n) is 4.07. The second-order valence-corrected chi connectivity index (χ2v) is 10.3. The Labute approximate surface area is 296 Å². The van der Waals surface area contributed by atoms with Gasteiger partial charge in [0.1, 0.15) is 0 Å². The van der Waals surface area contributed by atoms with Gasteiger partial charge in [-0.1, -0.05) is 74.0 Å². The maximum atomic E-state index is 4.57. The van der Waals surface area contributed by atoms with Crippen molar-refractivity contribution < 1.29 is 52.8 Å². The Bertz CT molecular complexity index is 1660. The molecule has 6 heteroatoms. The summed E-state index contributed by atoms with van der Waals surface area (Å²) in [5.74, 6) is 0.744. The summed E-state index contributed by atoms with van der Waals surface area (Å²) in [5, 5.41) is 0. The number of hydrogen-bond donors (Lipinski definition) is 0. The molecule has 4 aromatic carbocycles. The van der Waals surface area contributed by atoms with Gasteiger partial charge in [0.25, 0.3) is 0 Å². The third-order valence-corrected chi connectivity index (χ3v) is 6.24. The van der Waals surface area contributed by atoms with Gasteiger partial charge in [0.05, 0.1) is 5.82 Å². The minimum Gasteiger partial charge on any atom is -0.352 e. The Morgan fingerprint density at radius 2 is 1.37 bits per heavy atom. The summed E-state index contributed by atoms with van der Waals surface area (Å²) in [6, 6.07) is 49.1. The molecule has 5 radical (unpaired) electrons. The molecule has 0 bridgehead atoms. The van der Waals surface area contributed by atoms with Gasteiger partial charge in [-0.25, -0.2) is 6.07 Å². The van der Waals surface area contributed by atoms with Crippen molar-refractivity contribution in [2.24, 2.45) is 0 Å². The molecule has 43 heavy (non-hydrogen) atoms. The molecule has 0 aliphatic rings. The number of rotatable bonds is 4. The van der Waals surface area contributed by atoms with E-state index in [0.717, 1.165) is 45.0 Å². The van der Waals surface area contributed by atoms with Crippen molar-refractivity contribution in [1.29, 1.82) is 0 Å². The summed E-state index contributed by atoms with van der Waals surface area (Å²) in [6.45, 7) is 6.44. The van der Waals surface area contributed by atoms with Crippen LogP contribution in [0.4, 0.5) is 0 Å². The van der Waals surface area contributed by atoms with Gasteiger partial charge in [-0.3, -0.25) is 33.2 Å². The molecule has 6 rings (SSSR count). The second-order valence-electron chi connectivity index (χ2n) is 10.3. The molecule has 0 N–H and O–H groups in total. The Kier molecular flexibility index (Phi) is 14.5. The van der Waals surface area contributed by atoms with Crippen molar-refractivity contribution in [3.05, 3.63) is 152 Å². The first-order valence-electron chi connectivity index (χ1n) is 13.2. The minimum atomic E-state index is 0. The van der Waals surface area contributed by atoms with Crippen molar-refractivity contribution in [3.8, 4) is 44.9 Å². The average molecular weight is 808 g/mol. The van der Waals surface area contributed by atoms with Gasteiger partial charge in [0.15, 0.2) is 0 Å². The molecule has 211 valence electrons. The van der Waals surface area contributed by atoms with E-state index in [9.17, 15) is 0 Å². The first kappa shape index (κ1) is 36.1. The quantitative estimate of drug-likeness (QED) is 0.133. The van der Waals surface area contributed by atoms with E-state index < -0.39 is 0 Å². The van der Waals surface area contributed by atoms with Crippen LogP contribution in [0.1, 0.15) is 26.5 Å². The minimum absolute atomic E-state index is 0. The molecular formula is C37H29BIrN3Y-4. The summed E-state index contributed by atoms with van der Waals surface area (Å²) in [5.41, 5.74) is 8.14. The number of benzene rings is 4. The number of hydrogen-bond acceptors (Lipinski definition) is 3. The smallest absolute Gasteiger partial charge is 0.0751 e. The van der Waals surface area contributed by atoms with Crippen LogP contribution in [0.25, 0.3) is 44.9 Å². The molecule has 0 aliphatic heterocycles. The molecule has 0 amide bonds. The Morgan fingerprint density at radius 1 is 0.605 bits per heavy atom.